The van der Waals surface area contributed by atoms with E-state index in [-0.39, 0.29) is 5.91 Å². The maximum Gasteiger partial charge on any atom is 0.248 e. The number of rotatable bonds is 4. The molecule has 3 rings (SSSR count). The van der Waals surface area contributed by atoms with Crippen LogP contribution in [0.2, 0.25) is 0 Å². The van der Waals surface area contributed by atoms with Gasteiger partial charge in [-0.3, -0.25) is 4.79 Å². The van der Waals surface area contributed by atoms with Crippen molar-refractivity contribution in [1.29, 1.82) is 0 Å². The number of ether oxygens (including phenoxy) is 1. The van der Waals surface area contributed by atoms with Crippen LogP contribution >= 0.6 is 11.8 Å². The first-order valence-corrected chi connectivity index (χ1v) is 8.53. The largest absolute Gasteiger partial charge is 0.488 e. The molecule has 0 saturated carbocycles. The van der Waals surface area contributed by atoms with Gasteiger partial charge in [0, 0.05) is 16.5 Å². The molecule has 1 N–H and O–H groups in total. The lowest BCUT2D eigenvalue weighted by Crippen LogP contribution is -2.10. The molecule has 2 aromatic rings. The van der Waals surface area contributed by atoms with Gasteiger partial charge in [-0.25, -0.2) is 0 Å². The number of hydrogen-bond acceptors (Lipinski definition) is 3. The fourth-order valence-corrected chi connectivity index (χ4v) is 2.89. The Hall–Kier alpha value is -2.46. The van der Waals surface area contributed by atoms with Crippen LogP contribution < -0.4 is 10.1 Å². The average molecular weight is 323 g/mol. The number of benzene rings is 2. The molecular formula is C19H17NO2S. The predicted octanol–water partition coefficient (Wildman–Crippen LogP) is 4.38. The number of carbonyl (C=O) groups is 1. The zero-order valence-electron chi connectivity index (χ0n) is 12.8. The molecular weight excluding hydrogens is 306 g/mol. The van der Waals surface area contributed by atoms with E-state index >= 15 is 0 Å². The highest BCUT2D eigenvalue weighted by Crippen LogP contribution is 2.26. The van der Waals surface area contributed by atoms with Gasteiger partial charge in [0.2, 0.25) is 5.91 Å². The van der Waals surface area contributed by atoms with Gasteiger partial charge >= 0.3 is 0 Å². The first-order chi connectivity index (χ1) is 11.3. The van der Waals surface area contributed by atoms with Crippen LogP contribution in [-0.4, -0.2) is 18.8 Å². The van der Waals surface area contributed by atoms with Gasteiger partial charge in [-0.2, -0.15) is 0 Å². The fraction of sp³-hybridized carbons (Fsp3) is 0.105. The van der Waals surface area contributed by atoms with E-state index in [9.17, 15) is 4.79 Å². The van der Waals surface area contributed by atoms with Crippen molar-refractivity contribution in [3.8, 4) is 5.75 Å². The Morgan fingerprint density at radius 2 is 1.96 bits per heavy atom. The van der Waals surface area contributed by atoms with Crippen LogP contribution in [0.5, 0.6) is 5.75 Å². The van der Waals surface area contributed by atoms with Crippen molar-refractivity contribution in [2.24, 2.45) is 0 Å². The first kappa shape index (κ1) is 15.4. The summed E-state index contributed by atoms with van der Waals surface area (Å²) in [5.74, 6) is 0.731. The van der Waals surface area contributed by atoms with Crippen molar-refractivity contribution < 1.29 is 9.53 Å². The molecule has 0 saturated heterocycles. The zero-order chi connectivity index (χ0) is 16.1. The molecule has 0 aliphatic carbocycles. The number of fused-ring (bicyclic) bond motifs is 1. The van der Waals surface area contributed by atoms with E-state index in [1.54, 1.807) is 23.9 Å². The van der Waals surface area contributed by atoms with Crippen LogP contribution in [0.1, 0.15) is 5.56 Å². The van der Waals surface area contributed by atoms with E-state index in [1.807, 2.05) is 60.9 Å². The minimum absolute atomic E-state index is 0.147. The van der Waals surface area contributed by atoms with Gasteiger partial charge in [0.1, 0.15) is 12.4 Å². The molecule has 2 aromatic carbocycles. The van der Waals surface area contributed by atoms with Gasteiger partial charge in [0.15, 0.2) is 0 Å². The van der Waals surface area contributed by atoms with E-state index in [0.717, 1.165) is 27.5 Å². The Labute approximate surface area is 140 Å². The Kier molecular flexibility index (Phi) is 4.83. The second-order valence-corrected chi connectivity index (χ2v) is 5.92. The number of para-hydroxylation sites is 2. The summed E-state index contributed by atoms with van der Waals surface area (Å²) in [6, 6.07) is 15.6. The molecule has 0 aromatic heterocycles. The minimum Gasteiger partial charge on any atom is -0.488 e. The van der Waals surface area contributed by atoms with Gasteiger partial charge < -0.3 is 10.1 Å². The van der Waals surface area contributed by atoms with Crippen molar-refractivity contribution >= 4 is 29.4 Å². The molecule has 0 unspecified atom stereocenters. The van der Waals surface area contributed by atoms with Crippen molar-refractivity contribution in [3.05, 3.63) is 71.8 Å². The van der Waals surface area contributed by atoms with Crippen molar-refractivity contribution in [2.75, 3.05) is 18.2 Å². The highest BCUT2D eigenvalue weighted by molar-refractivity contribution is 7.98. The fourth-order valence-electron chi connectivity index (χ4n) is 2.33. The number of thioether (sulfide) groups is 1. The van der Waals surface area contributed by atoms with E-state index in [4.69, 9.17) is 4.74 Å². The van der Waals surface area contributed by atoms with Crippen LogP contribution in [0, 0.1) is 0 Å². The Morgan fingerprint density at radius 3 is 2.83 bits per heavy atom. The predicted molar refractivity (Wildman–Crippen MR) is 95.9 cm³/mol. The molecule has 1 aliphatic rings. The molecule has 0 atom stereocenters. The highest BCUT2D eigenvalue weighted by atomic mass is 32.2. The first-order valence-electron chi connectivity index (χ1n) is 7.31. The summed E-state index contributed by atoms with van der Waals surface area (Å²) in [7, 11) is 0. The van der Waals surface area contributed by atoms with E-state index in [1.165, 1.54) is 0 Å². The molecule has 1 amide bonds. The lowest BCUT2D eigenvalue weighted by Gasteiger charge is -2.15. The SMILES string of the molecule is CSc1ccccc1NC(=O)C=CC1=Cc2ccccc2OC1. The third-order valence-corrected chi connectivity index (χ3v) is 4.26. The molecule has 0 bridgehead atoms. The zero-order valence-corrected chi connectivity index (χ0v) is 13.6. The van der Waals surface area contributed by atoms with Crippen molar-refractivity contribution in [1.82, 2.24) is 0 Å². The summed E-state index contributed by atoms with van der Waals surface area (Å²) in [4.78, 5) is 13.1. The summed E-state index contributed by atoms with van der Waals surface area (Å²) >= 11 is 1.61. The number of nitrogens with one attached hydrogen (secondary N) is 1. The Balaban J connectivity index is 1.69. The lowest BCUT2D eigenvalue weighted by atomic mass is 10.1. The van der Waals surface area contributed by atoms with Crippen LogP contribution in [0.3, 0.4) is 0 Å². The number of amides is 1. The Bertz CT molecular complexity index is 780. The van der Waals surface area contributed by atoms with Crippen molar-refractivity contribution in [3.63, 3.8) is 0 Å². The maximum atomic E-state index is 12.1. The molecule has 23 heavy (non-hydrogen) atoms. The third-order valence-electron chi connectivity index (χ3n) is 3.47. The average Bonchev–Trinajstić information content (AvgIpc) is 2.60. The van der Waals surface area contributed by atoms with Gasteiger partial charge in [-0.05, 0) is 36.1 Å². The summed E-state index contributed by atoms with van der Waals surface area (Å²) in [6.45, 7) is 0.474. The van der Waals surface area contributed by atoms with Gasteiger partial charge in [-0.1, -0.05) is 36.4 Å². The smallest absolute Gasteiger partial charge is 0.248 e. The van der Waals surface area contributed by atoms with Gasteiger partial charge in [0.05, 0.1) is 5.69 Å². The molecule has 0 radical (unpaired) electrons. The van der Waals surface area contributed by atoms with Gasteiger partial charge in [0.25, 0.3) is 0 Å². The van der Waals surface area contributed by atoms with E-state index < -0.39 is 0 Å². The normalized spacial score (nSPS) is 13.2. The molecule has 0 spiro atoms. The standard InChI is InChI=1S/C19H17NO2S/c1-23-18-9-5-3-7-16(18)20-19(21)11-10-14-12-15-6-2-4-8-17(15)22-13-14/h2-12H,13H2,1H3,(H,20,21). The summed E-state index contributed by atoms with van der Waals surface area (Å²) in [6.07, 6.45) is 7.37. The maximum absolute atomic E-state index is 12.1. The highest BCUT2D eigenvalue weighted by Gasteiger charge is 2.09. The van der Waals surface area contributed by atoms with Crippen LogP contribution in [0.15, 0.2) is 71.2 Å². The molecule has 0 fully saturated rings. The quantitative estimate of drug-likeness (QED) is 0.670. The molecule has 3 nitrogen and oxygen atoms in total. The monoisotopic (exact) mass is 323 g/mol. The van der Waals surface area contributed by atoms with Crippen LogP contribution in [0.25, 0.3) is 6.08 Å². The van der Waals surface area contributed by atoms with Gasteiger partial charge in [-0.15, -0.1) is 11.8 Å². The second kappa shape index (κ2) is 7.20. The molecule has 116 valence electrons. The Morgan fingerprint density at radius 1 is 1.17 bits per heavy atom. The van der Waals surface area contributed by atoms with Crippen molar-refractivity contribution in [2.45, 2.75) is 4.90 Å². The molecule has 1 heterocycles. The van der Waals surface area contributed by atoms with Crippen LogP contribution in [0.4, 0.5) is 5.69 Å². The number of carbonyl (C=O) groups excluding carboxylic acids is 1. The number of hydrogen-bond donors (Lipinski definition) is 1. The second-order valence-electron chi connectivity index (χ2n) is 5.07. The summed E-state index contributed by atoms with van der Waals surface area (Å²) in [5.41, 5.74) is 2.83. The minimum atomic E-state index is -0.147. The molecule has 4 heteroatoms. The van der Waals surface area contributed by atoms with E-state index in [0.29, 0.717) is 6.61 Å². The molecule has 1 aliphatic heterocycles. The summed E-state index contributed by atoms with van der Waals surface area (Å²) < 4.78 is 5.67. The van der Waals surface area contributed by atoms with E-state index in [2.05, 4.69) is 5.32 Å². The topological polar surface area (TPSA) is 38.3 Å². The summed E-state index contributed by atoms with van der Waals surface area (Å²) in [5, 5.41) is 2.91. The lowest BCUT2D eigenvalue weighted by molar-refractivity contribution is -0.111. The third kappa shape index (κ3) is 3.85. The van der Waals surface area contributed by atoms with Crippen LogP contribution in [-0.2, 0) is 4.79 Å². The number of anilines is 1.